The normalized spacial score (nSPS) is 9.12. The van der Waals surface area contributed by atoms with Crippen LogP contribution < -0.4 is 9.47 Å². The molecule has 0 bridgehead atoms. The van der Waals surface area contributed by atoms with Crippen molar-refractivity contribution in [3.05, 3.63) is 58.7 Å². The van der Waals surface area contributed by atoms with E-state index < -0.39 is 5.97 Å². The smallest absolute Gasteiger partial charge is 0.343 e. The number of methoxy groups -OCH3 is 1. The molecule has 2 aromatic rings. The third kappa shape index (κ3) is 10.5. The molecule has 2 rings (SSSR count). The van der Waals surface area contributed by atoms with E-state index in [9.17, 15) is 9.59 Å². The van der Waals surface area contributed by atoms with Gasteiger partial charge in [-0.25, -0.2) is 4.79 Å². The molecular weight excluding hydrogens is 412 g/mol. The Morgan fingerprint density at radius 2 is 1.56 bits per heavy atom. The van der Waals surface area contributed by atoms with E-state index in [1.807, 2.05) is 13.8 Å². The van der Waals surface area contributed by atoms with Crippen LogP contribution in [0.4, 0.5) is 0 Å². The Morgan fingerprint density at radius 3 is 2.03 bits per heavy atom. The Bertz CT molecular complexity index is 857. The number of terminal acetylenes is 1. The van der Waals surface area contributed by atoms with Crippen LogP contribution in [-0.4, -0.2) is 51.1 Å². The van der Waals surface area contributed by atoms with E-state index in [0.717, 1.165) is 49.7 Å². The second-order valence-corrected chi connectivity index (χ2v) is 6.35. The van der Waals surface area contributed by atoms with Crippen molar-refractivity contribution >= 4 is 18.5 Å². The lowest BCUT2D eigenvalue weighted by molar-refractivity contribution is -0.103. The summed E-state index contributed by atoms with van der Waals surface area (Å²) in [7, 11) is 2.68. The van der Waals surface area contributed by atoms with Crippen LogP contribution in [0.5, 0.6) is 11.5 Å². The fourth-order valence-electron chi connectivity index (χ4n) is 2.60. The van der Waals surface area contributed by atoms with Crippen LogP contribution in [0.25, 0.3) is 0 Å². The van der Waals surface area contributed by atoms with Crippen LogP contribution in [0.15, 0.2) is 36.4 Å². The molecule has 0 amide bonds. The molecule has 0 atom stereocenters. The molecule has 0 aromatic heterocycles. The van der Waals surface area contributed by atoms with Gasteiger partial charge in [0.05, 0.1) is 12.2 Å². The molecule has 0 aliphatic carbocycles. The molecule has 0 saturated carbocycles. The highest BCUT2D eigenvalue weighted by Crippen LogP contribution is 2.26. The first-order valence-corrected chi connectivity index (χ1v) is 9.81. The molecule has 2 aromatic carbocycles. The predicted molar refractivity (Wildman–Crippen MR) is 122 cm³/mol. The van der Waals surface area contributed by atoms with E-state index in [2.05, 4.69) is 6.42 Å². The molecule has 0 radical (unpaired) electrons. The number of rotatable bonds is 9. The van der Waals surface area contributed by atoms with E-state index in [0.29, 0.717) is 29.8 Å². The lowest BCUT2D eigenvalue weighted by atomic mass is 10.1. The molecule has 1 N–H and O–H groups in total. The van der Waals surface area contributed by atoms with E-state index in [-0.39, 0.29) is 0 Å². The Kier molecular flexibility index (Phi) is 15.4. The number of aldehydes is 2. The summed E-state index contributed by atoms with van der Waals surface area (Å²) in [5.41, 5.74) is 2.77. The third-order valence-electron chi connectivity index (χ3n) is 3.98. The highest BCUT2D eigenvalue weighted by molar-refractivity contribution is 5.92. The number of ether oxygens (including phenoxy) is 3. The predicted octanol–water partition coefficient (Wildman–Crippen LogP) is 3.57. The zero-order valence-electron chi connectivity index (χ0n) is 18.9. The molecule has 32 heavy (non-hydrogen) atoms. The maximum atomic E-state index is 12.4. The fraction of sp³-hybridized carbons (Fsp3) is 0.320. The van der Waals surface area contributed by atoms with Crippen molar-refractivity contribution in [1.82, 2.24) is 0 Å². The highest BCUT2D eigenvalue weighted by atomic mass is 16.5. The van der Waals surface area contributed by atoms with Gasteiger partial charge in [-0.15, -0.1) is 6.42 Å². The van der Waals surface area contributed by atoms with Gasteiger partial charge in [0, 0.05) is 26.4 Å². The van der Waals surface area contributed by atoms with Gasteiger partial charge in [0.2, 0.25) is 0 Å². The SMILES string of the molecule is C#CC=O.CO.COCCCCOc1c(C)cc(C(=O)Oc2ccc(C=O)cc2)cc1C. The molecular formula is C25H30O7. The van der Waals surface area contributed by atoms with Crippen LogP contribution in [0.1, 0.15) is 44.7 Å². The molecule has 0 saturated heterocycles. The minimum Gasteiger partial charge on any atom is -0.493 e. The zero-order chi connectivity index (χ0) is 24.4. The lowest BCUT2D eigenvalue weighted by Gasteiger charge is -2.14. The van der Waals surface area contributed by atoms with Crippen LogP contribution in [0.2, 0.25) is 0 Å². The van der Waals surface area contributed by atoms with Crippen molar-refractivity contribution in [1.29, 1.82) is 0 Å². The maximum absolute atomic E-state index is 12.4. The summed E-state index contributed by atoms with van der Waals surface area (Å²) in [6, 6.07) is 9.93. The second-order valence-electron chi connectivity index (χ2n) is 6.35. The molecule has 0 spiro atoms. The molecule has 7 nitrogen and oxygen atoms in total. The molecule has 0 fully saturated rings. The highest BCUT2D eigenvalue weighted by Gasteiger charge is 2.14. The van der Waals surface area contributed by atoms with Crippen molar-refractivity contribution in [3.63, 3.8) is 0 Å². The summed E-state index contributed by atoms with van der Waals surface area (Å²) < 4.78 is 16.2. The fourth-order valence-corrected chi connectivity index (χ4v) is 2.60. The van der Waals surface area contributed by atoms with E-state index in [4.69, 9.17) is 24.1 Å². The van der Waals surface area contributed by atoms with E-state index in [1.54, 1.807) is 49.4 Å². The van der Waals surface area contributed by atoms with Crippen molar-refractivity contribution in [2.45, 2.75) is 26.7 Å². The number of aliphatic hydroxyl groups is 1. The molecule has 0 aliphatic heterocycles. The van der Waals surface area contributed by atoms with Gasteiger partial charge in [-0.2, -0.15) is 0 Å². The Morgan fingerprint density at radius 1 is 1.03 bits per heavy atom. The largest absolute Gasteiger partial charge is 0.493 e. The Balaban J connectivity index is 0.00000144. The van der Waals surface area contributed by atoms with Gasteiger partial charge < -0.3 is 19.3 Å². The Hall–Kier alpha value is -3.47. The van der Waals surface area contributed by atoms with Gasteiger partial charge in [0.1, 0.15) is 17.8 Å². The number of esters is 1. The van der Waals surface area contributed by atoms with Crippen molar-refractivity contribution in [3.8, 4) is 23.8 Å². The van der Waals surface area contributed by atoms with Crippen molar-refractivity contribution in [2.24, 2.45) is 0 Å². The number of carbonyl (C=O) groups excluding carboxylic acids is 3. The molecule has 0 unspecified atom stereocenters. The molecule has 172 valence electrons. The standard InChI is InChI=1S/C21H24O5.C3H2O.CH4O/c1-15-12-18(13-16(2)20(15)25-11-5-4-10-24-3)21(23)26-19-8-6-17(14-22)7-9-19;1-2-3-4;1-2/h6-9,12-14H,4-5,10-11H2,1-3H3;1,3H;2H,1H3. The van der Waals surface area contributed by atoms with E-state index >= 15 is 0 Å². The second kappa shape index (κ2) is 17.2. The van der Waals surface area contributed by atoms with Crippen LogP contribution in [-0.2, 0) is 9.53 Å². The quantitative estimate of drug-likeness (QED) is 0.208. The summed E-state index contributed by atoms with van der Waals surface area (Å²) in [5, 5.41) is 7.00. The first kappa shape index (κ1) is 28.5. The van der Waals surface area contributed by atoms with Gasteiger partial charge in [-0.1, -0.05) is 0 Å². The van der Waals surface area contributed by atoms with E-state index in [1.165, 1.54) is 0 Å². The topological polar surface area (TPSA) is 99.1 Å². The Labute approximate surface area is 189 Å². The first-order valence-electron chi connectivity index (χ1n) is 9.81. The zero-order valence-corrected chi connectivity index (χ0v) is 18.9. The van der Waals surface area contributed by atoms with Gasteiger partial charge >= 0.3 is 5.97 Å². The summed E-state index contributed by atoms with van der Waals surface area (Å²) >= 11 is 0. The lowest BCUT2D eigenvalue weighted by Crippen LogP contribution is -2.10. The summed E-state index contributed by atoms with van der Waals surface area (Å²) in [6.45, 7) is 5.15. The van der Waals surface area contributed by atoms with Crippen molar-refractivity contribution in [2.75, 3.05) is 27.4 Å². The van der Waals surface area contributed by atoms with Gasteiger partial charge in [-0.05, 0) is 80.1 Å². The number of benzene rings is 2. The number of carbonyl (C=O) groups is 3. The summed E-state index contributed by atoms with van der Waals surface area (Å²) in [5.74, 6) is 2.50. The maximum Gasteiger partial charge on any atom is 0.343 e. The number of hydrogen-bond acceptors (Lipinski definition) is 7. The molecule has 0 aliphatic rings. The average Bonchev–Trinajstić information content (AvgIpc) is 2.82. The number of unbranched alkanes of at least 4 members (excludes halogenated alkanes) is 1. The number of aliphatic hydroxyl groups excluding tert-OH is 1. The summed E-state index contributed by atoms with van der Waals surface area (Å²) in [6.07, 6.45) is 7.41. The van der Waals surface area contributed by atoms with Gasteiger partial charge in [0.15, 0.2) is 6.29 Å². The number of aryl methyl sites for hydroxylation is 2. The van der Waals surface area contributed by atoms with Crippen LogP contribution >= 0.6 is 0 Å². The number of hydrogen-bond donors (Lipinski definition) is 1. The third-order valence-corrected chi connectivity index (χ3v) is 3.98. The average molecular weight is 443 g/mol. The first-order chi connectivity index (χ1) is 15.5. The van der Waals surface area contributed by atoms with Gasteiger partial charge in [0.25, 0.3) is 0 Å². The van der Waals surface area contributed by atoms with Gasteiger partial charge in [-0.3, -0.25) is 9.59 Å². The minimum absolute atomic E-state index is 0.398. The minimum atomic E-state index is -0.443. The van der Waals surface area contributed by atoms with Crippen LogP contribution in [0, 0.1) is 26.2 Å². The molecule has 7 heteroatoms. The van der Waals surface area contributed by atoms with Crippen LogP contribution in [0.3, 0.4) is 0 Å². The monoisotopic (exact) mass is 442 g/mol. The summed E-state index contributed by atoms with van der Waals surface area (Å²) in [4.78, 5) is 32.0. The molecule has 0 heterocycles. The van der Waals surface area contributed by atoms with Crippen molar-refractivity contribution < 1.29 is 33.7 Å².